The van der Waals surface area contributed by atoms with E-state index < -0.39 is 0 Å². The summed E-state index contributed by atoms with van der Waals surface area (Å²) in [5.74, 6) is 0.183. The van der Waals surface area contributed by atoms with Gasteiger partial charge in [0.05, 0.1) is 5.69 Å². The molecule has 0 amide bonds. The van der Waals surface area contributed by atoms with Crippen LogP contribution < -0.4 is 0 Å². The summed E-state index contributed by atoms with van der Waals surface area (Å²) in [4.78, 5) is 11.0. The molecule has 0 saturated heterocycles. The number of carbonyl (C=O) groups is 1. The predicted octanol–water partition coefficient (Wildman–Crippen LogP) is 2.31. The van der Waals surface area contributed by atoms with E-state index in [-0.39, 0.29) is 5.78 Å². The molecule has 3 nitrogen and oxygen atoms in total. The largest absolute Gasteiger partial charge is 0.300 e. The number of hydrogen-bond donors (Lipinski definition) is 0. The Labute approximate surface area is 94.7 Å². The summed E-state index contributed by atoms with van der Waals surface area (Å²) in [6.07, 6.45) is 2.27. The van der Waals surface area contributed by atoms with Gasteiger partial charge in [-0.05, 0) is 37.6 Å². The number of rotatable bonds is 3. The van der Waals surface area contributed by atoms with Crippen LogP contribution in [0.1, 0.15) is 18.2 Å². The second-order valence-corrected chi connectivity index (χ2v) is 3.93. The Morgan fingerprint density at radius 2 is 1.94 bits per heavy atom. The third kappa shape index (κ3) is 2.19. The third-order valence-corrected chi connectivity index (χ3v) is 2.47. The van der Waals surface area contributed by atoms with Crippen molar-refractivity contribution in [2.45, 2.75) is 20.3 Å². The molecule has 1 aromatic carbocycles. The first kappa shape index (κ1) is 10.6. The molecule has 0 fully saturated rings. The van der Waals surface area contributed by atoms with Crippen LogP contribution in [0.15, 0.2) is 36.5 Å². The second kappa shape index (κ2) is 4.31. The van der Waals surface area contributed by atoms with E-state index in [0.29, 0.717) is 6.42 Å². The zero-order chi connectivity index (χ0) is 11.5. The number of aryl methyl sites for hydroxylation is 1. The van der Waals surface area contributed by atoms with Gasteiger partial charge in [0.15, 0.2) is 0 Å². The molecule has 0 radical (unpaired) electrons. The van der Waals surface area contributed by atoms with Crippen LogP contribution in [0, 0.1) is 6.92 Å². The van der Waals surface area contributed by atoms with E-state index in [1.54, 1.807) is 13.1 Å². The van der Waals surface area contributed by atoms with Crippen molar-refractivity contribution in [1.29, 1.82) is 0 Å². The van der Waals surface area contributed by atoms with Crippen molar-refractivity contribution in [3.8, 4) is 5.69 Å². The van der Waals surface area contributed by atoms with Gasteiger partial charge in [-0.25, -0.2) is 4.68 Å². The molecule has 0 aliphatic rings. The summed E-state index contributed by atoms with van der Waals surface area (Å²) >= 11 is 0. The summed E-state index contributed by atoms with van der Waals surface area (Å²) in [7, 11) is 0. The molecule has 0 spiro atoms. The number of nitrogens with zero attached hydrogens (tertiary/aromatic N) is 2. The van der Waals surface area contributed by atoms with E-state index in [1.165, 1.54) is 0 Å². The fourth-order valence-electron chi connectivity index (χ4n) is 1.68. The lowest BCUT2D eigenvalue weighted by atomic mass is 10.1. The van der Waals surface area contributed by atoms with Crippen LogP contribution in [-0.4, -0.2) is 15.6 Å². The Balaban J connectivity index is 2.26. The fraction of sp³-hybridized carbons (Fsp3) is 0.231. The molecule has 0 unspecified atom stereocenters. The zero-order valence-corrected chi connectivity index (χ0v) is 9.47. The number of carbonyl (C=O) groups excluding carboxylic acids is 1. The van der Waals surface area contributed by atoms with Crippen LogP contribution in [0.25, 0.3) is 5.69 Å². The molecule has 3 heteroatoms. The molecule has 0 saturated carbocycles. The minimum absolute atomic E-state index is 0.183. The number of ketones is 1. The van der Waals surface area contributed by atoms with E-state index in [0.717, 1.165) is 16.9 Å². The van der Waals surface area contributed by atoms with Gasteiger partial charge in [-0.1, -0.05) is 12.1 Å². The summed E-state index contributed by atoms with van der Waals surface area (Å²) in [5, 5.41) is 4.23. The van der Waals surface area contributed by atoms with Gasteiger partial charge in [0.2, 0.25) is 0 Å². The summed E-state index contributed by atoms with van der Waals surface area (Å²) in [6.45, 7) is 3.61. The van der Waals surface area contributed by atoms with E-state index in [9.17, 15) is 4.79 Å². The predicted molar refractivity (Wildman–Crippen MR) is 62.7 cm³/mol. The molecule has 0 aliphatic carbocycles. The topological polar surface area (TPSA) is 34.9 Å². The van der Waals surface area contributed by atoms with Crippen LogP contribution in [0.5, 0.6) is 0 Å². The highest BCUT2D eigenvalue weighted by Crippen LogP contribution is 2.11. The first-order valence-electron chi connectivity index (χ1n) is 5.26. The van der Waals surface area contributed by atoms with Crippen LogP contribution in [0.2, 0.25) is 0 Å². The second-order valence-electron chi connectivity index (χ2n) is 3.93. The van der Waals surface area contributed by atoms with Crippen molar-refractivity contribution in [3.63, 3.8) is 0 Å². The van der Waals surface area contributed by atoms with Gasteiger partial charge in [0, 0.05) is 18.3 Å². The van der Waals surface area contributed by atoms with Gasteiger partial charge >= 0.3 is 0 Å². The maximum atomic E-state index is 11.0. The lowest BCUT2D eigenvalue weighted by Crippen LogP contribution is -2.00. The quantitative estimate of drug-likeness (QED) is 0.785. The highest BCUT2D eigenvalue weighted by atomic mass is 16.1. The third-order valence-electron chi connectivity index (χ3n) is 2.47. The van der Waals surface area contributed by atoms with Gasteiger partial charge in [-0.2, -0.15) is 5.10 Å². The van der Waals surface area contributed by atoms with Crippen molar-refractivity contribution in [2.75, 3.05) is 0 Å². The lowest BCUT2D eigenvalue weighted by Gasteiger charge is -2.05. The molecule has 0 N–H and O–H groups in total. The van der Waals surface area contributed by atoms with Gasteiger partial charge in [-0.3, -0.25) is 4.79 Å². The van der Waals surface area contributed by atoms with Crippen molar-refractivity contribution >= 4 is 5.78 Å². The first-order chi connectivity index (χ1) is 7.66. The van der Waals surface area contributed by atoms with Crippen molar-refractivity contribution < 1.29 is 4.79 Å². The van der Waals surface area contributed by atoms with Crippen molar-refractivity contribution in [2.24, 2.45) is 0 Å². The highest BCUT2D eigenvalue weighted by molar-refractivity contribution is 5.78. The molecule has 16 heavy (non-hydrogen) atoms. The van der Waals surface area contributed by atoms with Crippen LogP contribution in [0.3, 0.4) is 0 Å². The standard InChI is InChI=1S/C13H14N2O/c1-10-7-8-14-15(10)13-5-3-12(4-6-13)9-11(2)16/h3-8H,9H2,1-2H3. The number of hydrogen-bond acceptors (Lipinski definition) is 2. The van der Waals surface area contributed by atoms with E-state index in [4.69, 9.17) is 0 Å². The van der Waals surface area contributed by atoms with Crippen LogP contribution in [0.4, 0.5) is 0 Å². The van der Waals surface area contributed by atoms with Gasteiger partial charge in [0.1, 0.15) is 5.78 Å². The Morgan fingerprint density at radius 3 is 2.44 bits per heavy atom. The number of benzene rings is 1. The molecule has 0 bridgehead atoms. The minimum atomic E-state index is 0.183. The number of aromatic nitrogens is 2. The molecule has 82 valence electrons. The zero-order valence-electron chi connectivity index (χ0n) is 9.47. The maximum absolute atomic E-state index is 11.0. The van der Waals surface area contributed by atoms with Crippen LogP contribution >= 0.6 is 0 Å². The molecule has 2 aromatic rings. The van der Waals surface area contributed by atoms with E-state index >= 15 is 0 Å². The summed E-state index contributed by atoms with van der Waals surface area (Å²) < 4.78 is 1.87. The smallest absolute Gasteiger partial charge is 0.134 e. The monoisotopic (exact) mass is 214 g/mol. The number of Topliss-reactive ketones (excluding diaryl/α,β-unsaturated/α-hetero) is 1. The molecule has 0 atom stereocenters. The van der Waals surface area contributed by atoms with Gasteiger partial charge in [-0.15, -0.1) is 0 Å². The molecular weight excluding hydrogens is 200 g/mol. The van der Waals surface area contributed by atoms with Gasteiger partial charge < -0.3 is 0 Å². The molecule has 1 heterocycles. The Morgan fingerprint density at radius 1 is 1.25 bits per heavy atom. The Kier molecular flexibility index (Phi) is 2.86. The molecule has 0 aliphatic heterocycles. The summed E-state index contributed by atoms with van der Waals surface area (Å²) in [5.41, 5.74) is 3.16. The average Bonchev–Trinajstić information content (AvgIpc) is 2.65. The lowest BCUT2D eigenvalue weighted by molar-refractivity contribution is -0.116. The van der Waals surface area contributed by atoms with E-state index in [2.05, 4.69) is 5.10 Å². The minimum Gasteiger partial charge on any atom is -0.300 e. The molecule has 2 rings (SSSR count). The SMILES string of the molecule is CC(=O)Cc1ccc(-n2nccc2C)cc1. The molecule has 1 aromatic heterocycles. The molecular formula is C13H14N2O. The fourth-order valence-corrected chi connectivity index (χ4v) is 1.68. The normalized spacial score (nSPS) is 10.4. The van der Waals surface area contributed by atoms with E-state index in [1.807, 2.05) is 41.9 Å². The summed E-state index contributed by atoms with van der Waals surface area (Å²) in [6, 6.07) is 9.87. The van der Waals surface area contributed by atoms with Crippen molar-refractivity contribution in [3.05, 3.63) is 47.8 Å². The first-order valence-corrected chi connectivity index (χ1v) is 5.26. The highest BCUT2D eigenvalue weighted by Gasteiger charge is 2.01. The Hall–Kier alpha value is -1.90. The van der Waals surface area contributed by atoms with Crippen molar-refractivity contribution in [1.82, 2.24) is 9.78 Å². The Bertz CT molecular complexity index is 497. The maximum Gasteiger partial charge on any atom is 0.134 e. The van der Waals surface area contributed by atoms with Crippen LogP contribution in [-0.2, 0) is 11.2 Å². The van der Waals surface area contributed by atoms with Gasteiger partial charge in [0.25, 0.3) is 0 Å². The average molecular weight is 214 g/mol.